The standard InChI is InChI=1S/C37H56N2/c1-4-6-8-9-10-11-12-13-14-15-22-28-35(36-38-29-31-39(36)30-23-7-5-2)37(3,34-26-20-17-21-27-34)32-33-24-18-16-19-25-33/h16-21,24-27,29,31,35H,4-15,22-23,28,30,32H2,1-3H3/p+1. The molecule has 2 unspecified atom stereocenters. The molecule has 0 aliphatic heterocycles. The van der Waals surface area contributed by atoms with Crippen LogP contribution in [0, 0.1) is 0 Å². The number of benzene rings is 2. The van der Waals surface area contributed by atoms with Crippen molar-refractivity contribution in [1.82, 2.24) is 4.98 Å². The molecule has 39 heavy (non-hydrogen) atoms. The van der Waals surface area contributed by atoms with Crippen LogP contribution in [0.15, 0.2) is 73.1 Å². The van der Waals surface area contributed by atoms with Crippen molar-refractivity contribution in [2.75, 3.05) is 0 Å². The third-order valence-electron chi connectivity index (χ3n) is 8.84. The van der Waals surface area contributed by atoms with Gasteiger partial charge in [0.1, 0.15) is 12.4 Å². The maximum absolute atomic E-state index is 3.75. The molecule has 0 spiro atoms. The molecule has 2 aromatic carbocycles. The fourth-order valence-corrected chi connectivity index (χ4v) is 6.44. The fourth-order valence-electron chi connectivity index (χ4n) is 6.44. The Morgan fingerprint density at radius 1 is 0.667 bits per heavy atom. The minimum absolute atomic E-state index is 0.0124. The van der Waals surface area contributed by atoms with Crippen LogP contribution in [0.3, 0.4) is 0 Å². The Balaban J connectivity index is 1.72. The molecule has 2 heteroatoms. The first kappa shape index (κ1) is 31.2. The van der Waals surface area contributed by atoms with Gasteiger partial charge in [0.05, 0.1) is 12.5 Å². The molecule has 0 aliphatic carbocycles. The van der Waals surface area contributed by atoms with E-state index in [-0.39, 0.29) is 5.41 Å². The summed E-state index contributed by atoms with van der Waals surface area (Å²) in [6, 6.07) is 22.5. The van der Waals surface area contributed by atoms with Crippen LogP contribution in [0.1, 0.15) is 140 Å². The zero-order chi connectivity index (χ0) is 27.6. The summed E-state index contributed by atoms with van der Waals surface area (Å²) < 4.78 is 2.53. The zero-order valence-corrected chi connectivity index (χ0v) is 25.5. The second kappa shape index (κ2) is 18.1. The third kappa shape index (κ3) is 10.3. The second-order valence-corrected chi connectivity index (χ2v) is 12.1. The predicted molar refractivity (Wildman–Crippen MR) is 168 cm³/mol. The van der Waals surface area contributed by atoms with E-state index in [2.05, 4.69) is 103 Å². The summed E-state index contributed by atoms with van der Waals surface area (Å²) >= 11 is 0. The van der Waals surface area contributed by atoms with Crippen LogP contribution in [0.5, 0.6) is 0 Å². The van der Waals surface area contributed by atoms with E-state index in [1.165, 1.54) is 113 Å². The van der Waals surface area contributed by atoms with Gasteiger partial charge >= 0.3 is 0 Å². The van der Waals surface area contributed by atoms with Crippen LogP contribution in [0.4, 0.5) is 0 Å². The minimum Gasteiger partial charge on any atom is -0.247 e. The number of H-pyrrole nitrogens is 1. The van der Waals surface area contributed by atoms with Crippen molar-refractivity contribution < 1.29 is 4.57 Å². The molecule has 0 saturated carbocycles. The van der Waals surface area contributed by atoms with Crippen LogP contribution in [0.2, 0.25) is 0 Å². The van der Waals surface area contributed by atoms with Crippen LogP contribution < -0.4 is 4.57 Å². The number of nitrogens with one attached hydrogen (secondary N) is 1. The largest absolute Gasteiger partial charge is 0.258 e. The van der Waals surface area contributed by atoms with E-state index in [4.69, 9.17) is 0 Å². The number of hydrogen-bond acceptors (Lipinski definition) is 0. The summed E-state index contributed by atoms with van der Waals surface area (Å²) in [6.07, 6.45) is 25.8. The van der Waals surface area contributed by atoms with Gasteiger partial charge in [-0.3, -0.25) is 0 Å². The average molecular weight is 530 g/mol. The lowest BCUT2D eigenvalue weighted by Gasteiger charge is -2.37. The molecule has 214 valence electrons. The van der Waals surface area contributed by atoms with E-state index >= 15 is 0 Å². The molecule has 0 saturated heterocycles. The van der Waals surface area contributed by atoms with E-state index in [0.717, 1.165) is 13.0 Å². The molecule has 1 aromatic heterocycles. The first-order valence-electron chi connectivity index (χ1n) is 16.3. The Morgan fingerprint density at radius 2 is 1.21 bits per heavy atom. The van der Waals surface area contributed by atoms with E-state index in [0.29, 0.717) is 5.92 Å². The van der Waals surface area contributed by atoms with Crippen molar-refractivity contribution in [1.29, 1.82) is 0 Å². The number of aromatic amines is 1. The van der Waals surface area contributed by atoms with Gasteiger partial charge in [-0.1, -0.05) is 158 Å². The van der Waals surface area contributed by atoms with Gasteiger partial charge in [-0.15, -0.1) is 0 Å². The molecule has 2 nitrogen and oxygen atoms in total. The van der Waals surface area contributed by atoms with E-state index < -0.39 is 0 Å². The van der Waals surface area contributed by atoms with Gasteiger partial charge in [-0.05, 0) is 36.8 Å². The maximum atomic E-state index is 3.75. The van der Waals surface area contributed by atoms with Gasteiger partial charge in [0.2, 0.25) is 0 Å². The molecule has 1 N–H and O–H groups in total. The third-order valence-corrected chi connectivity index (χ3v) is 8.84. The Labute approximate surface area is 240 Å². The maximum Gasteiger partial charge on any atom is 0.258 e. The zero-order valence-electron chi connectivity index (χ0n) is 25.5. The number of aromatic nitrogens is 2. The first-order valence-corrected chi connectivity index (χ1v) is 16.3. The van der Waals surface area contributed by atoms with Gasteiger partial charge in [0.25, 0.3) is 5.82 Å². The molecule has 3 aromatic rings. The number of hydrogen-bond donors (Lipinski definition) is 1. The Hall–Kier alpha value is -2.35. The van der Waals surface area contributed by atoms with Crippen LogP contribution in [0.25, 0.3) is 0 Å². The van der Waals surface area contributed by atoms with Crippen molar-refractivity contribution in [2.24, 2.45) is 0 Å². The number of unbranched alkanes of at least 4 members (excludes halogenated alkanes) is 12. The lowest BCUT2D eigenvalue weighted by atomic mass is 9.66. The van der Waals surface area contributed by atoms with E-state index in [1.807, 2.05) is 0 Å². The predicted octanol–water partition coefficient (Wildman–Crippen LogP) is 10.5. The summed E-state index contributed by atoms with van der Waals surface area (Å²) in [4.78, 5) is 3.75. The molecular weight excluding hydrogens is 472 g/mol. The number of imidazole rings is 1. The SMILES string of the molecule is CCCCCCCCCCCCCC(c1[nH]cc[n+]1CCCCC)C(C)(Cc1ccccc1)c1ccccc1. The Morgan fingerprint density at radius 3 is 1.82 bits per heavy atom. The monoisotopic (exact) mass is 529 g/mol. The summed E-state index contributed by atoms with van der Waals surface area (Å²) in [5.74, 6) is 1.86. The van der Waals surface area contributed by atoms with Crippen LogP contribution in [-0.2, 0) is 18.4 Å². The number of nitrogens with zero attached hydrogens (tertiary/aromatic N) is 1. The summed E-state index contributed by atoms with van der Waals surface area (Å²) in [7, 11) is 0. The van der Waals surface area contributed by atoms with Crippen molar-refractivity contribution >= 4 is 0 Å². The van der Waals surface area contributed by atoms with E-state index in [1.54, 1.807) is 0 Å². The van der Waals surface area contributed by atoms with Gasteiger partial charge in [-0.25, -0.2) is 9.55 Å². The van der Waals surface area contributed by atoms with Crippen LogP contribution in [-0.4, -0.2) is 4.98 Å². The molecule has 0 bridgehead atoms. The Kier molecular flexibility index (Phi) is 14.5. The van der Waals surface area contributed by atoms with Gasteiger partial charge in [-0.2, -0.15) is 0 Å². The molecule has 0 radical (unpaired) electrons. The molecule has 3 rings (SSSR count). The number of aryl methyl sites for hydroxylation is 1. The molecule has 0 fully saturated rings. The van der Waals surface area contributed by atoms with E-state index in [9.17, 15) is 0 Å². The van der Waals surface area contributed by atoms with Crippen LogP contribution >= 0.6 is 0 Å². The van der Waals surface area contributed by atoms with Crippen molar-refractivity contribution in [3.63, 3.8) is 0 Å². The van der Waals surface area contributed by atoms with Crippen molar-refractivity contribution in [3.05, 3.63) is 90.0 Å². The average Bonchev–Trinajstić information content (AvgIpc) is 3.42. The summed E-state index contributed by atoms with van der Waals surface area (Å²) in [6.45, 7) is 8.23. The molecule has 0 aliphatic rings. The van der Waals surface area contributed by atoms with Gasteiger partial charge < -0.3 is 0 Å². The Bertz CT molecular complexity index is 993. The smallest absolute Gasteiger partial charge is 0.247 e. The molecular formula is C37H57N2+. The highest BCUT2D eigenvalue weighted by molar-refractivity contribution is 5.32. The fraction of sp³-hybridized carbons (Fsp3) is 0.595. The molecule has 1 heterocycles. The summed E-state index contributed by atoms with van der Waals surface area (Å²) in [5, 5.41) is 0. The number of rotatable bonds is 21. The molecule has 0 amide bonds. The minimum atomic E-state index is 0.0124. The van der Waals surface area contributed by atoms with Gasteiger partial charge in [0.15, 0.2) is 0 Å². The topological polar surface area (TPSA) is 19.7 Å². The molecule has 2 atom stereocenters. The normalized spacial score (nSPS) is 13.8. The lowest BCUT2D eigenvalue weighted by molar-refractivity contribution is -0.705. The van der Waals surface area contributed by atoms with Crippen molar-refractivity contribution in [2.45, 2.75) is 141 Å². The summed E-state index contributed by atoms with van der Waals surface area (Å²) in [5.41, 5.74) is 2.90. The highest BCUT2D eigenvalue weighted by Crippen LogP contribution is 2.43. The highest BCUT2D eigenvalue weighted by Gasteiger charge is 2.41. The van der Waals surface area contributed by atoms with Gasteiger partial charge in [0, 0.05) is 5.41 Å². The first-order chi connectivity index (χ1) is 19.2. The van der Waals surface area contributed by atoms with Crippen molar-refractivity contribution in [3.8, 4) is 0 Å². The lowest BCUT2D eigenvalue weighted by Crippen LogP contribution is -2.43. The quantitative estimate of drug-likeness (QED) is 0.105. The second-order valence-electron chi connectivity index (χ2n) is 12.1. The highest BCUT2D eigenvalue weighted by atomic mass is 15.1.